The highest BCUT2D eigenvalue weighted by molar-refractivity contribution is 5.72. The molecule has 0 saturated carbocycles. The number of carbonyl (C=O) groups excluding carboxylic acids is 1. The molecule has 0 saturated heterocycles. The maximum Gasteiger partial charge on any atom is 0.226 e. The molecule has 1 heterocycles. The van der Waals surface area contributed by atoms with Crippen molar-refractivity contribution in [3.05, 3.63) is 72.1 Å². The van der Waals surface area contributed by atoms with Gasteiger partial charge >= 0.3 is 0 Å². The first-order valence-corrected chi connectivity index (χ1v) is 10.2. The summed E-state index contributed by atoms with van der Waals surface area (Å²) in [5, 5.41) is 2.82. The van der Waals surface area contributed by atoms with E-state index in [0.717, 1.165) is 29.0 Å². The first-order valence-electron chi connectivity index (χ1n) is 10.2. The summed E-state index contributed by atoms with van der Waals surface area (Å²) < 4.78 is 17.1. The van der Waals surface area contributed by atoms with Crippen LogP contribution in [-0.2, 0) is 22.4 Å². The zero-order valence-electron chi connectivity index (χ0n) is 17.5. The standard InChI is InChI=1S/C24H28N2O4/c1-3-28-23(16-25-18(2)27)15-19-9-11-22(12-10-19)29-14-13-21-17-30-24(26-21)20-7-5-4-6-8-20/h4-12,17,23H,3,13-16H2,1-2H3,(H,25,27). The van der Waals surface area contributed by atoms with Crippen LogP contribution in [0.4, 0.5) is 0 Å². The van der Waals surface area contributed by atoms with Crippen LogP contribution in [0.2, 0.25) is 0 Å². The second kappa shape index (κ2) is 11.2. The van der Waals surface area contributed by atoms with Crippen LogP contribution in [0.25, 0.3) is 11.5 Å². The Kier molecular flexibility index (Phi) is 8.03. The molecule has 0 radical (unpaired) electrons. The van der Waals surface area contributed by atoms with E-state index in [-0.39, 0.29) is 12.0 Å². The van der Waals surface area contributed by atoms with Crippen LogP contribution < -0.4 is 10.1 Å². The lowest BCUT2D eigenvalue weighted by Gasteiger charge is -2.17. The van der Waals surface area contributed by atoms with Crippen LogP contribution in [0.15, 0.2) is 65.3 Å². The first-order chi connectivity index (χ1) is 14.6. The van der Waals surface area contributed by atoms with Crippen molar-refractivity contribution in [1.82, 2.24) is 10.3 Å². The lowest BCUT2D eigenvalue weighted by molar-refractivity contribution is -0.119. The fourth-order valence-electron chi connectivity index (χ4n) is 3.08. The third-order valence-corrected chi connectivity index (χ3v) is 4.57. The van der Waals surface area contributed by atoms with Crippen LogP contribution in [0.5, 0.6) is 5.75 Å². The summed E-state index contributed by atoms with van der Waals surface area (Å²) in [7, 11) is 0. The topological polar surface area (TPSA) is 73.6 Å². The van der Waals surface area contributed by atoms with Gasteiger partial charge in [0.1, 0.15) is 12.0 Å². The number of amides is 1. The van der Waals surface area contributed by atoms with Crippen molar-refractivity contribution in [3.63, 3.8) is 0 Å². The number of nitrogens with one attached hydrogen (secondary N) is 1. The summed E-state index contributed by atoms with van der Waals surface area (Å²) in [4.78, 5) is 15.6. The van der Waals surface area contributed by atoms with E-state index in [2.05, 4.69) is 10.3 Å². The summed E-state index contributed by atoms with van der Waals surface area (Å²) in [6, 6.07) is 17.8. The molecular weight excluding hydrogens is 380 g/mol. The van der Waals surface area contributed by atoms with E-state index in [0.29, 0.717) is 32.1 Å². The van der Waals surface area contributed by atoms with Crippen molar-refractivity contribution in [1.29, 1.82) is 0 Å². The predicted octanol–water partition coefficient (Wildman–Crippen LogP) is 4.05. The highest BCUT2D eigenvalue weighted by Gasteiger charge is 2.11. The van der Waals surface area contributed by atoms with E-state index in [1.54, 1.807) is 6.26 Å². The Morgan fingerprint density at radius 3 is 2.60 bits per heavy atom. The van der Waals surface area contributed by atoms with Crippen LogP contribution in [-0.4, -0.2) is 36.8 Å². The molecule has 1 aromatic heterocycles. The highest BCUT2D eigenvalue weighted by Crippen LogP contribution is 2.19. The zero-order valence-corrected chi connectivity index (χ0v) is 17.5. The number of hydrogen-bond acceptors (Lipinski definition) is 5. The van der Waals surface area contributed by atoms with Gasteiger partial charge in [-0.15, -0.1) is 0 Å². The van der Waals surface area contributed by atoms with Gasteiger partial charge in [0, 0.05) is 38.5 Å². The Morgan fingerprint density at radius 2 is 1.90 bits per heavy atom. The normalized spacial score (nSPS) is 11.8. The predicted molar refractivity (Wildman–Crippen MR) is 115 cm³/mol. The summed E-state index contributed by atoms with van der Waals surface area (Å²) in [6.45, 7) is 5.10. The molecule has 0 fully saturated rings. The summed E-state index contributed by atoms with van der Waals surface area (Å²) in [5.74, 6) is 1.38. The number of aromatic nitrogens is 1. The van der Waals surface area contributed by atoms with E-state index in [4.69, 9.17) is 13.9 Å². The first kappa shape index (κ1) is 21.6. The summed E-state index contributed by atoms with van der Waals surface area (Å²) >= 11 is 0. The van der Waals surface area contributed by atoms with Crippen molar-refractivity contribution in [2.75, 3.05) is 19.8 Å². The Hall–Kier alpha value is -3.12. The average Bonchev–Trinajstić information content (AvgIpc) is 3.23. The second-order valence-corrected chi connectivity index (χ2v) is 6.97. The summed E-state index contributed by atoms with van der Waals surface area (Å²) in [6.07, 6.45) is 3.03. The minimum Gasteiger partial charge on any atom is -0.493 e. The van der Waals surface area contributed by atoms with Gasteiger partial charge in [0.2, 0.25) is 11.8 Å². The average molecular weight is 408 g/mol. The molecular formula is C24H28N2O4. The van der Waals surface area contributed by atoms with Gasteiger partial charge in [-0.25, -0.2) is 4.98 Å². The van der Waals surface area contributed by atoms with E-state index in [1.165, 1.54) is 6.92 Å². The fraction of sp³-hybridized carbons (Fsp3) is 0.333. The quantitative estimate of drug-likeness (QED) is 0.518. The van der Waals surface area contributed by atoms with E-state index >= 15 is 0 Å². The highest BCUT2D eigenvalue weighted by atomic mass is 16.5. The fourth-order valence-corrected chi connectivity index (χ4v) is 3.08. The number of carbonyl (C=O) groups is 1. The molecule has 0 aliphatic carbocycles. The smallest absolute Gasteiger partial charge is 0.226 e. The van der Waals surface area contributed by atoms with Crippen molar-refractivity contribution in [3.8, 4) is 17.2 Å². The summed E-state index contributed by atoms with van der Waals surface area (Å²) in [5.41, 5.74) is 2.96. The van der Waals surface area contributed by atoms with Crippen LogP contribution >= 0.6 is 0 Å². The van der Waals surface area contributed by atoms with Gasteiger partial charge < -0.3 is 19.2 Å². The maximum atomic E-state index is 11.1. The molecule has 0 bridgehead atoms. The van der Waals surface area contributed by atoms with Crippen molar-refractivity contribution >= 4 is 5.91 Å². The van der Waals surface area contributed by atoms with Gasteiger partial charge in [-0.05, 0) is 36.8 Å². The molecule has 3 rings (SSSR count). The van der Waals surface area contributed by atoms with Crippen LogP contribution in [0, 0.1) is 0 Å². The Balaban J connectivity index is 1.46. The molecule has 1 atom stereocenters. The van der Waals surface area contributed by atoms with Crippen LogP contribution in [0.3, 0.4) is 0 Å². The third kappa shape index (κ3) is 6.74. The Bertz CT molecular complexity index is 906. The largest absolute Gasteiger partial charge is 0.493 e. The van der Waals surface area contributed by atoms with Gasteiger partial charge in [-0.2, -0.15) is 0 Å². The molecule has 3 aromatic rings. The Morgan fingerprint density at radius 1 is 1.13 bits per heavy atom. The van der Waals surface area contributed by atoms with Gasteiger partial charge in [0.25, 0.3) is 0 Å². The number of hydrogen-bond donors (Lipinski definition) is 1. The molecule has 0 aliphatic rings. The van der Waals surface area contributed by atoms with Crippen molar-refractivity contribution in [2.45, 2.75) is 32.8 Å². The lowest BCUT2D eigenvalue weighted by Crippen LogP contribution is -2.33. The van der Waals surface area contributed by atoms with E-state index < -0.39 is 0 Å². The number of nitrogens with zero attached hydrogens (tertiary/aromatic N) is 1. The minimum atomic E-state index is -0.0496. The molecule has 6 nitrogen and oxygen atoms in total. The molecule has 1 amide bonds. The molecule has 30 heavy (non-hydrogen) atoms. The van der Waals surface area contributed by atoms with Crippen molar-refractivity contribution in [2.24, 2.45) is 0 Å². The zero-order chi connectivity index (χ0) is 21.2. The molecule has 0 aliphatic heterocycles. The number of rotatable bonds is 11. The third-order valence-electron chi connectivity index (χ3n) is 4.57. The SMILES string of the molecule is CCOC(CNC(C)=O)Cc1ccc(OCCc2coc(-c3ccccc3)n2)cc1. The molecule has 6 heteroatoms. The van der Waals surface area contributed by atoms with E-state index in [9.17, 15) is 4.79 Å². The monoisotopic (exact) mass is 408 g/mol. The lowest BCUT2D eigenvalue weighted by atomic mass is 10.1. The van der Waals surface area contributed by atoms with Gasteiger partial charge in [-0.1, -0.05) is 30.3 Å². The number of oxazole rings is 1. The van der Waals surface area contributed by atoms with Gasteiger partial charge in [0.05, 0.1) is 18.4 Å². The number of benzene rings is 2. The van der Waals surface area contributed by atoms with Gasteiger partial charge in [-0.3, -0.25) is 4.79 Å². The molecule has 1 N–H and O–H groups in total. The molecule has 1 unspecified atom stereocenters. The van der Waals surface area contributed by atoms with Gasteiger partial charge in [0.15, 0.2) is 0 Å². The second-order valence-electron chi connectivity index (χ2n) is 6.97. The minimum absolute atomic E-state index is 0.0448. The van der Waals surface area contributed by atoms with Crippen molar-refractivity contribution < 1.29 is 18.7 Å². The van der Waals surface area contributed by atoms with E-state index in [1.807, 2.05) is 61.5 Å². The molecule has 158 valence electrons. The van der Waals surface area contributed by atoms with Crippen LogP contribution in [0.1, 0.15) is 25.1 Å². The molecule has 2 aromatic carbocycles. The maximum absolute atomic E-state index is 11.1. The Labute approximate surface area is 177 Å². The number of ether oxygens (including phenoxy) is 2. The molecule has 0 spiro atoms.